The quantitative estimate of drug-likeness (QED) is 0.462. The van der Waals surface area contributed by atoms with Crippen LogP contribution in [0.25, 0.3) is 0 Å². The second-order valence-corrected chi connectivity index (χ2v) is 12.0. The van der Waals surface area contributed by atoms with Crippen molar-refractivity contribution < 1.29 is 19.2 Å². The largest absolute Gasteiger partial charge is 0.344 e. The third-order valence-electron chi connectivity index (χ3n) is 8.41. The predicted octanol–water partition coefficient (Wildman–Crippen LogP) is 2.55. The highest BCUT2D eigenvalue weighted by Crippen LogP contribution is 2.31. The number of piperazine rings is 1. The summed E-state index contributed by atoms with van der Waals surface area (Å²) >= 11 is 1.27. The highest BCUT2D eigenvalue weighted by molar-refractivity contribution is 7.11. The zero-order valence-corrected chi connectivity index (χ0v) is 23.0. The lowest BCUT2D eigenvalue weighted by Crippen LogP contribution is -2.60. The number of hydrogen-bond acceptors (Lipinski definition) is 7. The van der Waals surface area contributed by atoms with Gasteiger partial charge in [0.1, 0.15) is 6.04 Å². The first-order valence-electron chi connectivity index (χ1n) is 14.0. The van der Waals surface area contributed by atoms with Crippen molar-refractivity contribution >= 4 is 34.8 Å². The van der Waals surface area contributed by atoms with Gasteiger partial charge in [0.2, 0.25) is 23.5 Å². The maximum absolute atomic E-state index is 13.5. The number of carbonyl (C=O) groups is 4. The van der Waals surface area contributed by atoms with E-state index in [0.29, 0.717) is 49.6 Å². The standard InChI is InChI=1S/C29H37N5O4S/c30-21-9-6-20(7-10-21)16-23(27(37)29-31-14-15-39-29)32-28(38)24-12-11-22-17-33(18-26(36)34(22)24)25(35)13-8-19-4-2-1-3-5-19/h1-5,14-15,20-24H,6-13,16-18,30H2,(H,32,38)/t20?,21?,22-,23?,24?/m0/s1. The molecule has 0 bridgehead atoms. The summed E-state index contributed by atoms with van der Waals surface area (Å²) < 4.78 is 0. The third-order valence-corrected chi connectivity index (χ3v) is 9.20. The summed E-state index contributed by atoms with van der Waals surface area (Å²) in [5.74, 6) is -0.412. The average Bonchev–Trinajstić information content (AvgIpc) is 3.64. The Morgan fingerprint density at radius 1 is 1.08 bits per heavy atom. The Morgan fingerprint density at radius 3 is 2.56 bits per heavy atom. The minimum atomic E-state index is -0.682. The fourth-order valence-electron chi connectivity index (χ4n) is 6.26. The van der Waals surface area contributed by atoms with Crippen molar-refractivity contribution in [1.82, 2.24) is 20.1 Å². The number of aromatic nitrogens is 1. The van der Waals surface area contributed by atoms with Crippen molar-refractivity contribution in [3.63, 3.8) is 0 Å². The molecule has 1 aromatic carbocycles. The average molecular weight is 552 g/mol. The molecule has 3 fully saturated rings. The van der Waals surface area contributed by atoms with E-state index in [4.69, 9.17) is 5.73 Å². The number of aryl methyl sites for hydroxylation is 1. The van der Waals surface area contributed by atoms with Gasteiger partial charge in [-0.05, 0) is 62.8 Å². The van der Waals surface area contributed by atoms with Gasteiger partial charge in [-0.3, -0.25) is 19.2 Å². The molecule has 2 aliphatic heterocycles. The number of benzene rings is 1. The number of ketones is 1. The molecule has 1 aromatic heterocycles. The van der Waals surface area contributed by atoms with Crippen LogP contribution in [0, 0.1) is 5.92 Å². The van der Waals surface area contributed by atoms with Gasteiger partial charge >= 0.3 is 0 Å². The van der Waals surface area contributed by atoms with Gasteiger partial charge in [-0.15, -0.1) is 11.3 Å². The van der Waals surface area contributed by atoms with E-state index in [1.807, 2.05) is 30.3 Å². The molecular weight excluding hydrogens is 514 g/mol. The molecule has 3 aliphatic rings. The van der Waals surface area contributed by atoms with Crippen LogP contribution >= 0.6 is 11.3 Å². The fraction of sp³-hybridized carbons (Fsp3) is 0.552. The van der Waals surface area contributed by atoms with Gasteiger partial charge in [0.25, 0.3) is 0 Å². The van der Waals surface area contributed by atoms with Crippen LogP contribution in [-0.4, -0.2) is 75.5 Å². The Balaban J connectivity index is 1.20. The van der Waals surface area contributed by atoms with Crippen LogP contribution in [-0.2, 0) is 20.8 Å². The maximum Gasteiger partial charge on any atom is 0.243 e. The van der Waals surface area contributed by atoms with Crippen LogP contribution in [0.5, 0.6) is 0 Å². The lowest BCUT2D eigenvalue weighted by Gasteiger charge is -2.39. The van der Waals surface area contributed by atoms with E-state index in [2.05, 4.69) is 10.3 Å². The van der Waals surface area contributed by atoms with E-state index in [1.54, 1.807) is 21.4 Å². The number of amides is 3. The number of thiazole rings is 1. The normalized spacial score (nSPS) is 25.7. The summed E-state index contributed by atoms with van der Waals surface area (Å²) in [5, 5.41) is 5.15. The van der Waals surface area contributed by atoms with E-state index >= 15 is 0 Å². The molecule has 39 heavy (non-hydrogen) atoms. The lowest BCUT2D eigenvalue weighted by molar-refractivity contribution is -0.151. The zero-order valence-electron chi connectivity index (χ0n) is 22.2. The first-order chi connectivity index (χ1) is 18.9. The maximum atomic E-state index is 13.5. The van der Waals surface area contributed by atoms with Gasteiger partial charge in [-0.25, -0.2) is 4.98 Å². The molecule has 3 N–H and O–H groups in total. The minimum Gasteiger partial charge on any atom is -0.344 e. The molecule has 2 saturated heterocycles. The Kier molecular flexibility index (Phi) is 8.72. The summed E-state index contributed by atoms with van der Waals surface area (Å²) in [6.45, 7) is 0.421. The molecule has 1 saturated carbocycles. The predicted molar refractivity (Wildman–Crippen MR) is 148 cm³/mol. The van der Waals surface area contributed by atoms with E-state index in [9.17, 15) is 19.2 Å². The van der Waals surface area contributed by atoms with Crippen molar-refractivity contribution in [3.8, 4) is 0 Å². The second kappa shape index (κ2) is 12.4. The van der Waals surface area contributed by atoms with Crippen molar-refractivity contribution in [2.75, 3.05) is 13.1 Å². The number of Topliss-reactive ketones (excluding diaryl/α,β-unsaturated/α-hetero) is 1. The molecule has 208 valence electrons. The smallest absolute Gasteiger partial charge is 0.243 e. The molecule has 2 unspecified atom stereocenters. The number of nitrogens with one attached hydrogen (secondary N) is 1. The molecule has 3 amide bonds. The number of fused-ring (bicyclic) bond motifs is 1. The second-order valence-electron chi connectivity index (χ2n) is 11.1. The highest BCUT2D eigenvalue weighted by atomic mass is 32.1. The number of carbonyl (C=O) groups excluding carboxylic acids is 4. The Hall–Kier alpha value is -3.11. The Labute approximate surface area is 233 Å². The van der Waals surface area contributed by atoms with Crippen LogP contribution in [0.4, 0.5) is 0 Å². The SMILES string of the molecule is NC1CCC(CC(NC(=O)C2CC[C@H]3CN(C(=O)CCc4ccccc4)CC(=O)N23)C(=O)c2nccs2)CC1. The van der Waals surface area contributed by atoms with E-state index < -0.39 is 12.1 Å². The molecule has 2 aromatic rings. The molecular formula is C29H37N5O4S. The first-order valence-corrected chi connectivity index (χ1v) is 14.9. The molecule has 5 rings (SSSR count). The highest BCUT2D eigenvalue weighted by Gasteiger charge is 2.46. The minimum absolute atomic E-state index is 0.0162. The van der Waals surface area contributed by atoms with Gasteiger partial charge in [0.05, 0.1) is 18.6 Å². The van der Waals surface area contributed by atoms with E-state index in [0.717, 1.165) is 31.2 Å². The molecule has 0 radical (unpaired) electrons. The number of hydrogen-bond donors (Lipinski definition) is 2. The summed E-state index contributed by atoms with van der Waals surface area (Å²) in [5.41, 5.74) is 7.16. The Bertz CT molecular complexity index is 1170. The third kappa shape index (κ3) is 6.55. The van der Waals surface area contributed by atoms with Gasteiger partial charge in [-0.1, -0.05) is 30.3 Å². The van der Waals surface area contributed by atoms with Crippen LogP contribution in [0.15, 0.2) is 41.9 Å². The first kappa shape index (κ1) is 27.5. The van der Waals surface area contributed by atoms with Gasteiger partial charge in [0, 0.05) is 30.6 Å². The zero-order chi connectivity index (χ0) is 27.4. The van der Waals surface area contributed by atoms with Crippen LogP contribution in [0.3, 0.4) is 0 Å². The molecule has 10 heteroatoms. The summed E-state index contributed by atoms with van der Waals surface area (Å²) in [6.07, 6.45) is 8.00. The van der Waals surface area contributed by atoms with E-state index in [-0.39, 0.29) is 42.1 Å². The van der Waals surface area contributed by atoms with Crippen LogP contribution in [0.2, 0.25) is 0 Å². The summed E-state index contributed by atoms with van der Waals surface area (Å²) in [4.78, 5) is 60.4. The monoisotopic (exact) mass is 551 g/mol. The summed E-state index contributed by atoms with van der Waals surface area (Å²) in [7, 11) is 0. The number of nitrogens with two attached hydrogens (primary N) is 1. The molecule has 9 nitrogen and oxygen atoms in total. The molecule has 3 atom stereocenters. The lowest BCUT2D eigenvalue weighted by atomic mass is 9.82. The van der Waals surface area contributed by atoms with Gasteiger partial charge in [-0.2, -0.15) is 0 Å². The van der Waals surface area contributed by atoms with E-state index in [1.165, 1.54) is 11.3 Å². The molecule has 0 spiro atoms. The van der Waals surface area contributed by atoms with Crippen molar-refractivity contribution in [2.24, 2.45) is 11.7 Å². The van der Waals surface area contributed by atoms with Gasteiger partial charge < -0.3 is 20.9 Å². The number of rotatable bonds is 9. The van der Waals surface area contributed by atoms with Gasteiger partial charge in [0.15, 0.2) is 5.01 Å². The number of nitrogens with zero attached hydrogens (tertiary/aromatic N) is 3. The van der Waals surface area contributed by atoms with Crippen molar-refractivity contribution in [1.29, 1.82) is 0 Å². The molecule has 3 heterocycles. The Morgan fingerprint density at radius 2 is 1.85 bits per heavy atom. The molecule has 1 aliphatic carbocycles. The van der Waals surface area contributed by atoms with Crippen LogP contribution < -0.4 is 11.1 Å². The van der Waals surface area contributed by atoms with Crippen molar-refractivity contribution in [2.45, 2.75) is 82.0 Å². The topological polar surface area (TPSA) is 126 Å². The van der Waals surface area contributed by atoms with Crippen molar-refractivity contribution in [3.05, 3.63) is 52.5 Å². The van der Waals surface area contributed by atoms with Crippen LogP contribution in [0.1, 0.15) is 66.7 Å². The fourth-order valence-corrected chi connectivity index (χ4v) is 6.89. The summed E-state index contributed by atoms with van der Waals surface area (Å²) in [6, 6.07) is 8.53.